The lowest BCUT2D eigenvalue weighted by Crippen LogP contribution is -2.53. The number of rotatable bonds is 28. The number of unbranched alkanes of at least 4 members (excludes halogenated alkanes) is 4. The van der Waals surface area contributed by atoms with Gasteiger partial charge in [-0.05, 0) is 121 Å². The van der Waals surface area contributed by atoms with E-state index in [-0.39, 0.29) is 0 Å². The Bertz CT molecular complexity index is 917. The van der Waals surface area contributed by atoms with Gasteiger partial charge in [-0.25, -0.2) is 14.8 Å². The lowest BCUT2D eigenvalue weighted by molar-refractivity contribution is 0.829. The van der Waals surface area contributed by atoms with Crippen LogP contribution in [0.5, 0.6) is 0 Å². The Hall–Kier alpha value is 2.31. The van der Waals surface area contributed by atoms with Crippen LogP contribution in [-0.2, 0) is 0 Å². The van der Waals surface area contributed by atoms with Crippen molar-refractivity contribution < 1.29 is 0 Å². The lowest BCUT2D eigenvalue weighted by Gasteiger charge is -2.40. The molecule has 0 fully saturated rings. The van der Waals surface area contributed by atoms with Crippen molar-refractivity contribution >= 4 is 176 Å². The summed E-state index contributed by atoms with van der Waals surface area (Å²) in [7, 11) is 0. The molecule has 0 spiro atoms. The largest absolute Gasteiger partial charge is 0.248 e. The fraction of sp³-hybridized carbons (Fsp3) is 0.867. The second-order valence-electron chi connectivity index (χ2n) is 10.3. The Morgan fingerprint density at radius 3 is 0.857 bits per heavy atom. The monoisotopic (exact) mass is 916 g/mol. The third-order valence-electron chi connectivity index (χ3n) is 6.26. The summed E-state index contributed by atoms with van der Waals surface area (Å²) >= 11 is 41.3. The van der Waals surface area contributed by atoms with Crippen LogP contribution in [0.3, 0.4) is 0 Å². The molecule has 2 unspecified atom stereocenters. The van der Waals surface area contributed by atoms with Crippen molar-refractivity contribution in [3.05, 3.63) is 0 Å². The molecule has 0 bridgehead atoms. The van der Waals surface area contributed by atoms with E-state index in [0.717, 1.165) is 97.4 Å². The number of hydrogen-bond donors (Lipinski definition) is 0. The fourth-order valence-corrected chi connectivity index (χ4v) is 16.5. The highest BCUT2D eigenvalue weighted by molar-refractivity contribution is 8.18. The Morgan fingerprint density at radius 2 is 0.653 bits per heavy atom. The summed E-state index contributed by atoms with van der Waals surface area (Å²) in [5.41, 5.74) is 0. The van der Waals surface area contributed by atoms with Crippen LogP contribution < -0.4 is 0 Å². The molecule has 0 aromatic carbocycles. The van der Waals surface area contributed by atoms with Crippen LogP contribution in [0.4, 0.5) is 0 Å². The zero-order valence-electron chi connectivity index (χ0n) is 30.3. The van der Waals surface area contributed by atoms with Crippen molar-refractivity contribution in [3.63, 3.8) is 0 Å². The summed E-state index contributed by atoms with van der Waals surface area (Å²) in [6, 6.07) is 0. The zero-order chi connectivity index (χ0) is 36.7. The standard InChI is InChI=1S/C30H56N6S13/c1-9-17-21-45-35(46-22-18-10-2)27(39)29(25(37)33(41-13-5)42-14-6)31-32-30(49-29,26(38)34(43-15-7)44-16-8)28(40)36(47-23-19-11-3)48-24-20-12-4/h9-24H2,1-8H3. The van der Waals surface area contributed by atoms with E-state index in [0.29, 0.717) is 20.0 Å². The van der Waals surface area contributed by atoms with E-state index >= 15 is 0 Å². The normalized spacial score (nSPS) is 18.4. The van der Waals surface area contributed by atoms with Gasteiger partial charge < -0.3 is 0 Å². The van der Waals surface area contributed by atoms with E-state index in [1.165, 1.54) is 0 Å². The van der Waals surface area contributed by atoms with Crippen molar-refractivity contribution in [3.8, 4) is 0 Å². The van der Waals surface area contributed by atoms with Crippen LogP contribution in [0, 0.1) is 0 Å². The highest BCUT2D eigenvalue weighted by Gasteiger charge is 2.62. The van der Waals surface area contributed by atoms with Gasteiger partial charge in [0.25, 0.3) is 0 Å². The van der Waals surface area contributed by atoms with Gasteiger partial charge in [0.2, 0.25) is 9.74 Å². The average Bonchev–Trinajstić information content (AvgIpc) is 3.52. The second kappa shape index (κ2) is 28.7. The van der Waals surface area contributed by atoms with Gasteiger partial charge in [-0.3, -0.25) is 0 Å². The topological polar surface area (TPSA) is 37.7 Å². The first kappa shape index (κ1) is 49.3. The molecule has 1 aliphatic rings. The van der Waals surface area contributed by atoms with Gasteiger partial charge in [-0.2, -0.15) is 10.2 Å². The van der Waals surface area contributed by atoms with E-state index in [1.54, 1.807) is 107 Å². The molecule has 0 N–H and O–H groups in total. The molecule has 49 heavy (non-hydrogen) atoms. The van der Waals surface area contributed by atoms with Gasteiger partial charge >= 0.3 is 0 Å². The molecule has 1 heterocycles. The van der Waals surface area contributed by atoms with Crippen LogP contribution in [0.25, 0.3) is 0 Å². The molecule has 0 aliphatic carbocycles. The zero-order valence-corrected chi connectivity index (χ0v) is 40.9. The van der Waals surface area contributed by atoms with Gasteiger partial charge in [0.05, 0.1) is 0 Å². The van der Waals surface area contributed by atoms with Crippen LogP contribution in [0.15, 0.2) is 10.2 Å². The second-order valence-corrected chi connectivity index (χ2v) is 23.0. The molecule has 284 valence electrons. The first-order valence-electron chi connectivity index (χ1n) is 17.2. The van der Waals surface area contributed by atoms with Gasteiger partial charge in [0.15, 0.2) is 0 Å². The molecule has 0 saturated carbocycles. The van der Waals surface area contributed by atoms with Crippen molar-refractivity contribution in [2.24, 2.45) is 10.2 Å². The van der Waals surface area contributed by atoms with Crippen molar-refractivity contribution in [1.29, 1.82) is 0 Å². The first-order chi connectivity index (χ1) is 23.6. The van der Waals surface area contributed by atoms with Gasteiger partial charge in [-0.15, -0.1) is 0 Å². The van der Waals surface area contributed by atoms with Crippen LogP contribution in [0.1, 0.15) is 107 Å². The van der Waals surface area contributed by atoms with Crippen LogP contribution in [0.2, 0.25) is 0 Å². The Balaban J connectivity index is 3.98. The Kier molecular flexibility index (Phi) is 28.9. The quantitative estimate of drug-likeness (QED) is 0.0424. The summed E-state index contributed by atoms with van der Waals surface area (Å²) in [6.07, 6.45) is 8.87. The summed E-state index contributed by atoms with van der Waals surface area (Å²) in [5.74, 6) is 7.31. The maximum absolute atomic E-state index is 6.53. The molecule has 6 nitrogen and oxygen atoms in total. The Labute approximate surface area is 359 Å². The minimum atomic E-state index is -1.16. The number of azo groups is 1. The molecule has 0 amide bonds. The molecule has 1 rings (SSSR count). The maximum atomic E-state index is 6.53. The number of thiocarbonyl (C=S) groups is 4. The van der Waals surface area contributed by atoms with Crippen molar-refractivity contribution in [2.75, 3.05) is 46.0 Å². The van der Waals surface area contributed by atoms with Gasteiger partial charge in [0.1, 0.15) is 20.0 Å². The molecule has 0 aromatic rings. The van der Waals surface area contributed by atoms with Gasteiger partial charge in [0, 0.05) is 46.0 Å². The minimum absolute atomic E-state index is 0.635. The molecule has 1 aliphatic heterocycles. The predicted octanol–water partition coefficient (Wildman–Crippen LogP) is 13.6. The lowest BCUT2D eigenvalue weighted by atomic mass is 10.3. The Morgan fingerprint density at radius 1 is 0.429 bits per heavy atom. The molecule has 2 atom stereocenters. The minimum Gasteiger partial charge on any atom is -0.248 e. The summed E-state index contributed by atoms with van der Waals surface area (Å²) in [6.45, 7) is 17.5. The molecule has 0 radical (unpaired) electrons. The molecular formula is C30H56N6S13. The first-order valence-corrected chi connectivity index (χ1v) is 27.2. The fourth-order valence-electron chi connectivity index (χ4n) is 3.67. The third kappa shape index (κ3) is 15.4. The van der Waals surface area contributed by atoms with Crippen molar-refractivity contribution in [1.82, 2.24) is 14.8 Å². The van der Waals surface area contributed by atoms with Crippen LogP contribution >= 0.6 is 156 Å². The molecule has 0 saturated heterocycles. The van der Waals surface area contributed by atoms with E-state index in [1.807, 2.05) is 0 Å². The third-order valence-corrected chi connectivity index (χ3v) is 19.9. The number of thioether (sulfide) groups is 1. The average molecular weight is 918 g/mol. The predicted molar refractivity (Wildman–Crippen MR) is 258 cm³/mol. The van der Waals surface area contributed by atoms with E-state index in [2.05, 4.69) is 70.2 Å². The smallest absolute Gasteiger partial charge is 0.233 e. The highest BCUT2D eigenvalue weighted by Crippen LogP contribution is 2.56. The number of nitrogens with zero attached hydrogens (tertiary/aromatic N) is 6. The van der Waals surface area contributed by atoms with Gasteiger partial charge in [-0.1, -0.05) is 142 Å². The molecule has 0 aromatic heterocycles. The van der Waals surface area contributed by atoms with Crippen molar-refractivity contribution in [2.45, 2.75) is 116 Å². The van der Waals surface area contributed by atoms with E-state index in [9.17, 15) is 0 Å². The van der Waals surface area contributed by atoms with E-state index in [4.69, 9.17) is 59.1 Å². The molecule has 19 heteroatoms. The highest BCUT2D eigenvalue weighted by atomic mass is 32.2. The van der Waals surface area contributed by atoms with E-state index < -0.39 is 9.74 Å². The summed E-state index contributed by atoms with van der Waals surface area (Å²) in [4.78, 5) is 0.262. The summed E-state index contributed by atoms with van der Waals surface area (Å²) < 4.78 is 8.67. The van der Waals surface area contributed by atoms with Crippen LogP contribution in [-0.4, -0.2) is 90.6 Å². The maximum Gasteiger partial charge on any atom is 0.233 e. The SMILES string of the molecule is CCCCSN(SCCCC)C(=S)C1(C(=S)N(SCC)SCC)N=NC(C(=S)N(SCC)SCC)(C(=S)N(SCCCC)SCCCC)S1. The molecular weight excluding hydrogens is 861 g/mol. The number of hydrogen-bond acceptors (Lipinski definition) is 15. The summed E-state index contributed by atoms with van der Waals surface area (Å²) in [5, 5.41) is 10.4.